The normalized spacial score (nSPS) is 16.5. The minimum absolute atomic E-state index is 0.233. The van der Waals surface area contributed by atoms with Crippen molar-refractivity contribution in [3.8, 4) is 6.07 Å². The third-order valence-corrected chi connectivity index (χ3v) is 3.08. The molecule has 3 nitrogen and oxygen atoms in total. The molecule has 1 saturated carbocycles. The van der Waals surface area contributed by atoms with E-state index in [4.69, 9.17) is 4.74 Å². The van der Waals surface area contributed by atoms with E-state index in [9.17, 15) is 5.26 Å². The summed E-state index contributed by atoms with van der Waals surface area (Å²) in [4.78, 5) is 0. The Hall–Kier alpha value is -1.37. The van der Waals surface area contributed by atoms with Crippen LogP contribution in [0, 0.1) is 11.3 Å². The van der Waals surface area contributed by atoms with Crippen LogP contribution in [0.1, 0.15) is 35.9 Å². The van der Waals surface area contributed by atoms with Crippen molar-refractivity contribution in [1.82, 2.24) is 5.32 Å². The van der Waals surface area contributed by atoms with Crippen LogP contribution in [0.2, 0.25) is 0 Å². The third kappa shape index (κ3) is 3.29. The summed E-state index contributed by atoms with van der Waals surface area (Å²) in [5, 5.41) is 12.4. The summed E-state index contributed by atoms with van der Waals surface area (Å²) in [6.07, 6.45) is 2.58. The van der Waals surface area contributed by atoms with Crippen LogP contribution in [0.25, 0.3) is 0 Å². The summed E-state index contributed by atoms with van der Waals surface area (Å²) in [5.74, 6) is 0.730. The lowest BCUT2D eigenvalue weighted by molar-refractivity contribution is 0.198. The minimum Gasteiger partial charge on any atom is -0.383 e. The van der Waals surface area contributed by atoms with Crippen LogP contribution < -0.4 is 5.32 Å². The molecule has 0 aromatic heterocycles. The standard InChI is InChI=1S/C14H18N2O/c1-17-8-7-16-14(10-15)13-4-2-3-12(9-13)11-5-6-11/h2-4,9,11,14,16H,5-8H2,1H3. The Morgan fingerprint density at radius 3 is 3.00 bits per heavy atom. The van der Waals surface area contributed by atoms with Gasteiger partial charge >= 0.3 is 0 Å². The van der Waals surface area contributed by atoms with E-state index in [0.717, 1.165) is 11.5 Å². The molecule has 1 unspecified atom stereocenters. The number of hydrogen-bond acceptors (Lipinski definition) is 3. The molecule has 3 heteroatoms. The molecule has 0 saturated heterocycles. The zero-order chi connectivity index (χ0) is 12.1. The molecule has 90 valence electrons. The molecule has 1 aromatic rings. The van der Waals surface area contributed by atoms with Crippen molar-refractivity contribution in [1.29, 1.82) is 5.26 Å². The molecule has 0 aliphatic heterocycles. The molecular weight excluding hydrogens is 212 g/mol. The van der Waals surface area contributed by atoms with Crippen LogP contribution in [0.15, 0.2) is 24.3 Å². The van der Waals surface area contributed by atoms with Crippen molar-refractivity contribution in [3.05, 3.63) is 35.4 Å². The molecule has 1 aliphatic rings. The van der Waals surface area contributed by atoms with Crippen molar-refractivity contribution < 1.29 is 4.74 Å². The Kier molecular flexibility index (Phi) is 4.13. The van der Waals surface area contributed by atoms with Crippen molar-refractivity contribution in [2.75, 3.05) is 20.3 Å². The maximum absolute atomic E-state index is 9.17. The summed E-state index contributed by atoms with van der Waals surface area (Å²) in [6, 6.07) is 10.4. The van der Waals surface area contributed by atoms with Gasteiger partial charge in [-0.2, -0.15) is 5.26 Å². The van der Waals surface area contributed by atoms with E-state index in [1.54, 1.807) is 7.11 Å². The highest BCUT2D eigenvalue weighted by molar-refractivity contribution is 5.33. The van der Waals surface area contributed by atoms with Gasteiger partial charge in [-0.05, 0) is 29.9 Å². The van der Waals surface area contributed by atoms with Gasteiger partial charge in [-0.3, -0.25) is 5.32 Å². The van der Waals surface area contributed by atoms with Gasteiger partial charge in [-0.1, -0.05) is 24.3 Å². The largest absolute Gasteiger partial charge is 0.383 e. The Balaban J connectivity index is 2.02. The van der Waals surface area contributed by atoms with E-state index in [2.05, 4.69) is 23.5 Å². The second-order valence-electron chi connectivity index (χ2n) is 4.45. The molecule has 0 heterocycles. The molecule has 1 fully saturated rings. The molecule has 1 N–H and O–H groups in total. The summed E-state index contributed by atoms with van der Waals surface area (Å²) < 4.78 is 4.97. The number of rotatable bonds is 6. The fraction of sp³-hybridized carbons (Fsp3) is 0.500. The molecule has 0 spiro atoms. The smallest absolute Gasteiger partial charge is 0.121 e. The van der Waals surface area contributed by atoms with Gasteiger partial charge in [0, 0.05) is 13.7 Å². The zero-order valence-corrected chi connectivity index (χ0v) is 10.1. The Morgan fingerprint density at radius 1 is 1.53 bits per heavy atom. The molecular formula is C14H18N2O. The first kappa shape index (κ1) is 12.1. The molecule has 0 radical (unpaired) electrons. The van der Waals surface area contributed by atoms with E-state index in [1.165, 1.54) is 18.4 Å². The van der Waals surface area contributed by atoms with E-state index >= 15 is 0 Å². The molecule has 2 rings (SSSR count). The maximum atomic E-state index is 9.17. The summed E-state index contributed by atoms with van der Waals surface area (Å²) in [7, 11) is 1.66. The van der Waals surface area contributed by atoms with Gasteiger partial charge in [-0.25, -0.2) is 0 Å². The number of ether oxygens (including phenoxy) is 1. The van der Waals surface area contributed by atoms with Gasteiger partial charge in [0.05, 0.1) is 12.7 Å². The van der Waals surface area contributed by atoms with E-state index in [-0.39, 0.29) is 6.04 Å². The van der Waals surface area contributed by atoms with Crippen molar-refractivity contribution in [2.45, 2.75) is 24.8 Å². The molecule has 0 bridgehead atoms. The highest BCUT2D eigenvalue weighted by Gasteiger charge is 2.24. The number of nitrogens with one attached hydrogen (secondary N) is 1. The minimum atomic E-state index is -0.233. The lowest BCUT2D eigenvalue weighted by Crippen LogP contribution is -2.24. The van der Waals surface area contributed by atoms with Crippen LogP contribution >= 0.6 is 0 Å². The number of nitrogens with zero attached hydrogens (tertiary/aromatic N) is 1. The van der Waals surface area contributed by atoms with E-state index < -0.39 is 0 Å². The van der Waals surface area contributed by atoms with Gasteiger partial charge in [-0.15, -0.1) is 0 Å². The second kappa shape index (κ2) is 5.81. The Labute approximate surface area is 102 Å². The third-order valence-electron chi connectivity index (χ3n) is 3.08. The van der Waals surface area contributed by atoms with Crippen LogP contribution in [0.5, 0.6) is 0 Å². The first-order chi connectivity index (χ1) is 8.35. The van der Waals surface area contributed by atoms with Gasteiger partial charge in [0.15, 0.2) is 0 Å². The average molecular weight is 230 g/mol. The van der Waals surface area contributed by atoms with Gasteiger partial charge in [0.2, 0.25) is 0 Å². The van der Waals surface area contributed by atoms with Crippen LogP contribution in [0.3, 0.4) is 0 Å². The van der Waals surface area contributed by atoms with E-state index in [1.807, 2.05) is 12.1 Å². The number of benzene rings is 1. The van der Waals surface area contributed by atoms with Crippen molar-refractivity contribution in [2.24, 2.45) is 0 Å². The van der Waals surface area contributed by atoms with Crippen LogP contribution in [-0.2, 0) is 4.74 Å². The first-order valence-corrected chi connectivity index (χ1v) is 6.07. The van der Waals surface area contributed by atoms with Gasteiger partial charge in [0.25, 0.3) is 0 Å². The predicted octanol–water partition coefficient (Wildman–Crippen LogP) is 2.36. The number of methoxy groups -OCH3 is 1. The molecule has 0 amide bonds. The van der Waals surface area contributed by atoms with Crippen LogP contribution in [-0.4, -0.2) is 20.3 Å². The summed E-state index contributed by atoms with van der Waals surface area (Å²) >= 11 is 0. The van der Waals surface area contributed by atoms with Crippen molar-refractivity contribution in [3.63, 3.8) is 0 Å². The molecule has 1 atom stereocenters. The van der Waals surface area contributed by atoms with E-state index in [0.29, 0.717) is 13.2 Å². The molecule has 1 aliphatic carbocycles. The fourth-order valence-electron chi connectivity index (χ4n) is 1.95. The van der Waals surface area contributed by atoms with Gasteiger partial charge in [0.1, 0.15) is 6.04 Å². The average Bonchev–Trinajstić information content (AvgIpc) is 3.19. The quantitative estimate of drug-likeness (QED) is 0.763. The SMILES string of the molecule is COCCNC(C#N)c1cccc(C2CC2)c1. The lowest BCUT2D eigenvalue weighted by atomic mass is 10.0. The Bertz CT molecular complexity index is 407. The highest BCUT2D eigenvalue weighted by atomic mass is 16.5. The highest BCUT2D eigenvalue weighted by Crippen LogP contribution is 2.40. The lowest BCUT2D eigenvalue weighted by Gasteiger charge is -2.12. The fourth-order valence-corrected chi connectivity index (χ4v) is 1.95. The summed E-state index contributed by atoms with van der Waals surface area (Å²) in [5.41, 5.74) is 2.43. The predicted molar refractivity (Wildman–Crippen MR) is 66.6 cm³/mol. The molecule has 17 heavy (non-hydrogen) atoms. The Morgan fingerprint density at radius 2 is 2.35 bits per heavy atom. The second-order valence-corrected chi connectivity index (χ2v) is 4.45. The first-order valence-electron chi connectivity index (χ1n) is 6.07. The number of nitriles is 1. The maximum Gasteiger partial charge on any atom is 0.121 e. The topological polar surface area (TPSA) is 45.0 Å². The zero-order valence-electron chi connectivity index (χ0n) is 10.1. The van der Waals surface area contributed by atoms with Crippen LogP contribution in [0.4, 0.5) is 0 Å². The number of hydrogen-bond donors (Lipinski definition) is 1. The van der Waals surface area contributed by atoms with Gasteiger partial charge < -0.3 is 4.74 Å². The van der Waals surface area contributed by atoms with Crippen molar-refractivity contribution >= 4 is 0 Å². The molecule has 1 aromatic carbocycles. The monoisotopic (exact) mass is 230 g/mol. The summed E-state index contributed by atoms with van der Waals surface area (Å²) in [6.45, 7) is 1.32.